The molecular formula is C23H30N2O4. The third-order valence-electron chi connectivity index (χ3n) is 4.83. The summed E-state index contributed by atoms with van der Waals surface area (Å²) in [6.07, 6.45) is 1.01. The Morgan fingerprint density at radius 3 is 2.31 bits per heavy atom. The number of benzene rings is 2. The Morgan fingerprint density at radius 2 is 1.69 bits per heavy atom. The highest BCUT2D eigenvalue weighted by atomic mass is 16.5. The SMILES string of the molecule is CCC(=O)N(Cc1ccccc1)[C@H](C)C(=O)NCCc1ccc(OC)c(OC)c1. The van der Waals surface area contributed by atoms with Gasteiger partial charge in [-0.15, -0.1) is 0 Å². The van der Waals surface area contributed by atoms with E-state index in [0.717, 1.165) is 11.1 Å². The van der Waals surface area contributed by atoms with Crippen LogP contribution in [0, 0.1) is 0 Å². The van der Waals surface area contributed by atoms with Gasteiger partial charge >= 0.3 is 0 Å². The molecule has 29 heavy (non-hydrogen) atoms. The van der Waals surface area contributed by atoms with E-state index in [9.17, 15) is 9.59 Å². The van der Waals surface area contributed by atoms with Gasteiger partial charge in [-0.25, -0.2) is 0 Å². The minimum atomic E-state index is -0.548. The zero-order valence-corrected chi connectivity index (χ0v) is 17.6. The molecule has 0 aliphatic carbocycles. The van der Waals surface area contributed by atoms with Crippen LogP contribution in [0.2, 0.25) is 0 Å². The molecular weight excluding hydrogens is 368 g/mol. The van der Waals surface area contributed by atoms with Gasteiger partial charge in [-0.3, -0.25) is 9.59 Å². The number of nitrogens with one attached hydrogen (secondary N) is 1. The molecule has 0 bridgehead atoms. The van der Waals surface area contributed by atoms with Crippen molar-refractivity contribution in [1.29, 1.82) is 0 Å². The molecule has 2 amide bonds. The fourth-order valence-electron chi connectivity index (χ4n) is 3.08. The van der Waals surface area contributed by atoms with Crippen LogP contribution in [-0.4, -0.2) is 43.5 Å². The number of rotatable bonds is 10. The van der Waals surface area contributed by atoms with Crippen LogP contribution >= 0.6 is 0 Å². The van der Waals surface area contributed by atoms with Crippen LogP contribution in [0.1, 0.15) is 31.4 Å². The standard InChI is InChI=1S/C23H30N2O4/c1-5-22(26)25(16-19-9-7-6-8-10-19)17(2)23(27)24-14-13-18-11-12-20(28-3)21(15-18)29-4/h6-12,15,17H,5,13-14,16H2,1-4H3,(H,24,27)/t17-/m1/s1. The molecule has 0 aliphatic rings. The number of amides is 2. The van der Waals surface area contributed by atoms with Crippen LogP contribution in [0.4, 0.5) is 0 Å². The highest BCUT2D eigenvalue weighted by Crippen LogP contribution is 2.27. The van der Waals surface area contributed by atoms with Crippen molar-refractivity contribution in [3.8, 4) is 11.5 Å². The van der Waals surface area contributed by atoms with Crippen molar-refractivity contribution in [2.24, 2.45) is 0 Å². The normalized spacial score (nSPS) is 11.4. The average Bonchev–Trinajstić information content (AvgIpc) is 2.76. The van der Waals surface area contributed by atoms with Gasteiger partial charge in [-0.2, -0.15) is 0 Å². The summed E-state index contributed by atoms with van der Waals surface area (Å²) < 4.78 is 10.6. The highest BCUT2D eigenvalue weighted by molar-refractivity contribution is 5.87. The van der Waals surface area contributed by atoms with Gasteiger partial charge in [-0.05, 0) is 36.6 Å². The molecule has 0 spiro atoms. The van der Waals surface area contributed by atoms with Crippen molar-refractivity contribution in [2.75, 3.05) is 20.8 Å². The summed E-state index contributed by atoms with van der Waals surface area (Å²) >= 11 is 0. The van der Waals surface area contributed by atoms with Crippen molar-refractivity contribution in [1.82, 2.24) is 10.2 Å². The van der Waals surface area contributed by atoms with E-state index in [1.165, 1.54) is 0 Å². The van der Waals surface area contributed by atoms with Gasteiger partial charge in [-0.1, -0.05) is 43.3 Å². The first kappa shape index (κ1) is 22.3. The van der Waals surface area contributed by atoms with Crippen LogP contribution in [0.25, 0.3) is 0 Å². The predicted molar refractivity (Wildman–Crippen MR) is 113 cm³/mol. The van der Waals surface area contributed by atoms with Gasteiger partial charge in [0, 0.05) is 19.5 Å². The van der Waals surface area contributed by atoms with E-state index in [1.807, 2.05) is 55.5 Å². The average molecular weight is 399 g/mol. The Labute approximate surface area is 172 Å². The maximum Gasteiger partial charge on any atom is 0.242 e. The third-order valence-corrected chi connectivity index (χ3v) is 4.83. The molecule has 0 aliphatic heterocycles. The quantitative estimate of drug-likeness (QED) is 0.667. The summed E-state index contributed by atoms with van der Waals surface area (Å²) in [5.41, 5.74) is 2.03. The molecule has 1 atom stereocenters. The molecule has 6 nitrogen and oxygen atoms in total. The second kappa shape index (κ2) is 11.1. The van der Waals surface area contributed by atoms with Crippen molar-refractivity contribution in [3.05, 3.63) is 59.7 Å². The lowest BCUT2D eigenvalue weighted by Gasteiger charge is -2.28. The fourth-order valence-corrected chi connectivity index (χ4v) is 3.08. The molecule has 0 unspecified atom stereocenters. The van der Waals surface area contributed by atoms with Gasteiger partial charge in [0.25, 0.3) is 0 Å². The van der Waals surface area contributed by atoms with Crippen molar-refractivity contribution in [3.63, 3.8) is 0 Å². The number of carbonyl (C=O) groups is 2. The van der Waals surface area contributed by atoms with Crippen molar-refractivity contribution >= 4 is 11.8 Å². The predicted octanol–water partition coefficient (Wildman–Crippen LogP) is 3.19. The third kappa shape index (κ3) is 6.24. The number of carbonyl (C=O) groups excluding carboxylic acids is 2. The van der Waals surface area contributed by atoms with Crippen molar-refractivity contribution in [2.45, 2.75) is 39.3 Å². The van der Waals surface area contributed by atoms with Gasteiger partial charge in [0.1, 0.15) is 6.04 Å². The number of nitrogens with zero attached hydrogens (tertiary/aromatic N) is 1. The summed E-state index contributed by atoms with van der Waals surface area (Å²) in [6.45, 7) is 4.46. The summed E-state index contributed by atoms with van der Waals surface area (Å²) in [6, 6.07) is 14.8. The zero-order chi connectivity index (χ0) is 21.2. The molecule has 156 valence electrons. The molecule has 0 aromatic heterocycles. The fraction of sp³-hybridized carbons (Fsp3) is 0.391. The van der Waals surface area contributed by atoms with Crippen LogP contribution in [-0.2, 0) is 22.6 Å². The number of hydrogen-bond donors (Lipinski definition) is 1. The Kier molecular flexibility index (Phi) is 8.52. The maximum atomic E-state index is 12.7. The lowest BCUT2D eigenvalue weighted by molar-refractivity contribution is -0.140. The first-order chi connectivity index (χ1) is 14.0. The summed E-state index contributed by atoms with van der Waals surface area (Å²) in [7, 11) is 3.19. The Balaban J connectivity index is 1.96. The molecule has 1 N–H and O–H groups in total. The minimum absolute atomic E-state index is 0.0450. The molecule has 2 aromatic carbocycles. The number of hydrogen-bond acceptors (Lipinski definition) is 4. The van der Waals surface area contributed by atoms with E-state index >= 15 is 0 Å². The highest BCUT2D eigenvalue weighted by Gasteiger charge is 2.24. The van der Waals surface area contributed by atoms with Gasteiger partial charge in [0.05, 0.1) is 14.2 Å². The molecule has 6 heteroatoms. The van der Waals surface area contributed by atoms with E-state index < -0.39 is 6.04 Å². The maximum absolute atomic E-state index is 12.7. The van der Waals surface area contributed by atoms with E-state index in [4.69, 9.17) is 9.47 Å². The molecule has 0 radical (unpaired) electrons. The summed E-state index contributed by atoms with van der Waals surface area (Å²) in [5, 5.41) is 2.94. The van der Waals surface area contributed by atoms with Crippen LogP contribution in [0.5, 0.6) is 11.5 Å². The van der Waals surface area contributed by atoms with Gasteiger partial charge in [0.2, 0.25) is 11.8 Å². The van der Waals surface area contributed by atoms with Crippen LogP contribution in [0.15, 0.2) is 48.5 Å². The lowest BCUT2D eigenvalue weighted by atomic mass is 10.1. The van der Waals surface area contributed by atoms with E-state index in [2.05, 4.69) is 5.32 Å². The largest absolute Gasteiger partial charge is 0.493 e. The lowest BCUT2D eigenvalue weighted by Crippen LogP contribution is -2.47. The Morgan fingerprint density at radius 1 is 1.00 bits per heavy atom. The number of ether oxygens (including phenoxy) is 2. The first-order valence-corrected chi connectivity index (χ1v) is 9.82. The van der Waals surface area contributed by atoms with E-state index in [0.29, 0.717) is 37.4 Å². The first-order valence-electron chi connectivity index (χ1n) is 9.82. The molecule has 2 aromatic rings. The Bertz CT molecular complexity index is 808. The van der Waals surface area contributed by atoms with E-state index in [1.54, 1.807) is 26.0 Å². The zero-order valence-electron chi connectivity index (χ0n) is 17.6. The molecule has 0 saturated carbocycles. The van der Waals surface area contributed by atoms with Crippen LogP contribution < -0.4 is 14.8 Å². The summed E-state index contributed by atoms with van der Waals surface area (Å²) in [5.74, 6) is 1.12. The molecule has 2 rings (SSSR count). The van der Waals surface area contributed by atoms with Crippen molar-refractivity contribution < 1.29 is 19.1 Å². The van der Waals surface area contributed by atoms with Crippen LogP contribution in [0.3, 0.4) is 0 Å². The van der Waals surface area contributed by atoms with Gasteiger partial charge < -0.3 is 19.7 Å². The topological polar surface area (TPSA) is 67.9 Å². The second-order valence-corrected chi connectivity index (χ2v) is 6.77. The number of methoxy groups -OCH3 is 2. The Hall–Kier alpha value is -3.02. The summed E-state index contributed by atoms with van der Waals surface area (Å²) in [4.78, 5) is 26.7. The monoisotopic (exact) mass is 398 g/mol. The molecule has 0 saturated heterocycles. The molecule has 0 fully saturated rings. The van der Waals surface area contributed by atoms with Gasteiger partial charge in [0.15, 0.2) is 11.5 Å². The van der Waals surface area contributed by atoms with E-state index in [-0.39, 0.29) is 11.8 Å². The molecule has 0 heterocycles. The smallest absolute Gasteiger partial charge is 0.242 e. The second-order valence-electron chi connectivity index (χ2n) is 6.77. The minimum Gasteiger partial charge on any atom is -0.493 e.